The minimum Gasteiger partial charge on any atom is -0.438 e. The average molecular weight is 368 g/mol. The van der Waals surface area contributed by atoms with Gasteiger partial charge in [-0.25, -0.2) is 4.39 Å². The maximum Gasteiger partial charge on any atom is 0.238 e. The van der Waals surface area contributed by atoms with E-state index in [-0.39, 0.29) is 11.9 Å². The number of ether oxygens (including phenoxy) is 1. The lowest BCUT2D eigenvalue weighted by Crippen LogP contribution is -2.31. The summed E-state index contributed by atoms with van der Waals surface area (Å²) in [6.07, 6.45) is 0. The van der Waals surface area contributed by atoms with Gasteiger partial charge in [0, 0.05) is 6.07 Å². The lowest BCUT2D eigenvalue weighted by atomic mass is 10.1. The first-order valence-corrected chi connectivity index (χ1v) is 8.40. The van der Waals surface area contributed by atoms with Crippen LogP contribution in [0.2, 0.25) is 0 Å². The van der Waals surface area contributed by atoms with E-state index in [4.69, 9.17) is 17.0 Å². The van der Waals surface area contributed by atoms with Crippen molar-refractivity contribution in [2.24, 2.45) is 0 Å². The topological polar surface area (TPSA) is 59.1 Å². The van der Waals surface area contributed by atoms with Crippen LogP contribution in [0.15, 0.2) is 66.7 Å². The first kappa shape index (κ1) is 17.8. The first-order valence-electron chi connectivity index (χ1n) is 8.00. The molecular weight excluding hydrogens is 351 g/mol. The van der Waals surface area contributed by atoms with Crippen molar-refractivity contribution in [1.29, 1.82) is 0 Å². The van der Waals surface area contributed by atoms with Crippen molar-refractivity contribution >= 4 is 23.1 Å². The second-order valence-corrected chi connectivity index (χ2v) is 5.95. The third kappa shape index (κ3) is 4.97. The summed E-state index contributed by atoms with van der Waals surface area (Å²) >= 11 is 5.28. The zero-order valence-electron chi connectivity index (χ0n) is 14.0. The fourth-order valence-electron chi connectivity index (χ4n) is 2.23. The lowest BCUT2D eigenvalue weighted by Gasteiger charge is -2.17. The molecule has 0 amide bonds. The Morgan fingerprint density at radius 2 is 1.73 bits per heavy atom. The van der Waals surface area contributed by atoms with Gasteiger partial charge in [-0.3, -0.25) is 0 Å². The van der Waals surface area contributed by atoms with Crippen LogP contribution < -0.4 is 15.4 Å². The molecule has 2 aromatic carbocycles. The average Bonchev–Trinajstić information content (AvgIpc) is 2.64. The highest BCUT2D eigenvalue weighted by molar-refractivity contribution is 7.80. The normalized spacial score (nSPS) is 11.5. The zero-order valence-corrected chi connectivity index (χ0v) is 14.8. The Hall–Kier alpha value is -3.06. The summed E-state index contributed by atoms with van der Waals surface area (Å²) in [5.41, 5.74) is 0.924. The highest BCUT2D eigenvalue weighted by Crippen LogP contribution is 2.18. The lowest BCUT2D eigenvalue weighted by molar-refractivity contribution is 0.455. The quantitative estimate of drug-likeness (QED) is 0.649. The predicted molar refractivity (Wildman–Crippen MR) is 103 cm³/mol. The van der Waals surface area contributed by atoms with Crippen molar-refractivity contribution in [3.05, 3.63) is 78.1 Å². The SMILES string of the molecule is C[C@@H](NC(=S)Nc1ccc(Oc2ccccc2)nn1)c1ccc(F)cc1. The molecule has 0 saturated heterocycles. The number of nitrogens with zero attached hydrogens (tertiary/aromatic N) is 2. The molecule has 3 aromatic rings. The maximum atomic E-state index is 13.0. The van der Waals surface area contributed by atoms with Gasteiger partial charge in [-0.2, -0.15) is 0 Å². The minimum absolute atomic E-state index is 0.0794. The summed E-state index contributed by atoms with van der Waals surface area (Å²) in [4.78, 5) is 0. The Bertz CT molecular complexity index is 857. The number of hydrogen-bond acceptors (Lipinski definition) is 4. The number of para-hydroxylation sites is 1. The van der Waals surface area contributed by atoms with Crippen LogP contribution in [-0.4, -0.2) is 15.3 Å². The third-order valence-corrected chi connectivity index (χ3v) is 3.78. The molecule has 132 valence electrons. The fourth-order valence-corrected chi connectivity index (χ4v) is 2.52. The molecule has 0 fully saturated rings. The molecule has 0 aliphatic heterocycles. The van der Waals surface area contributed by atoms with Crippen LogP contribution in [0.4, 0.5) is 10.2 Å². The number of nitrogens with one attached hydrogen (secondary N) is 2. The highest BCUT2D eigenvalue weighted by atomic mass is 32.1. The van der Waals surface area contributed by atoms with Crippen LogP contribution in [0, 0.1) is 5.82 Å². The Balaban J connectivity index is 1.55. The van der Waals surface area contributed by atoms with E-state index in [1.807, 2.05) is 37.3 Å². The van der Waals surface area contributed by atoms with Gasteiger partial charge in [0.2, 0.25) is 5.88 Å². The van der Waals surface area contributed by atoms with Gasteiger partial charge in [-0.05, 0) is 55.0 Å². The minimum atomic E-state index is -0.269. The van der Waals surface area contributed by atoms with E-state index in [1.54, 1.807) is 24.3 Å². The van der Waals surface area contributed by atoms with Crippen LogP contribution in [-0.2, 0) is 0 Å². The van der Waals surface area contributed by atoms with Gasteiger partial charge in [0.1, 0.15) is 11.6 Å². The van der Waals surface area contributed by atoms with E-state index in [2.05, 4.69) is 20.8 Å². The molecule has 7 heteroatoms. The van der Waals surface area contributed by atoms with E-state index >= 15 is 0 Å². The smallest absolute Gasteiger partial charge is 0.238 e. The van der Waals surface area contributed by atoms with Gasteiger partial charge in [-0.15, -0.1) is 10.2 Å². The number of rotatable bonds is 5. The summed E-state index contributed by atoms with van der Waals surface area (Å²) < 4.78 is 18.6. The van der Waals surface area contributed by atoms with Gasteiger partial charge in [0.25, 0.3) is 0 Å². The molecule has 0 aliphatic carbocycles. The Morgan fingerprint density at radius 3 is 2.38 bits per heavy atom. The van der Waals surface area contributed by atoms with Crippen LogP contribution in [0.3, 0.4) is 0 Å². The Morgan fingerprint density at radius 1 is 1.00 bits per heavy atom. The molecular formula is C19H17FN4OS. The van der Waals surface area contributed by atoms with Crippen molar-refractivity contribution in [2.45, 2.75) is 13.0 Å². The zero-order chi connectivity index (χ0) is 18.4. The standard InChI is InChI=1S/C19H17FN4OS/c1-13(14-7-9-15(20)10-8-14)21-19(26)22-17-11-12-18(24-23-17)25-16-5-3-2-4-6-16/h2-13H,1H3,(H2,21,22,23,26)/t13-/m1/s1. The van der Waals surface area contributed by atoms with E-state index < -0.39 is 0 Å². The molecule has 0 saturated carbocycles. The molecule has 1 aromatic heterocycles. The van der Waals surface area contributed by atoms with E-state index in [9.17, 15) is 4.39 Å². The van der Waals surface area contributed by atoms with Crippen molar-refractivity contribution in [2.75, 3.05) is 5.32 Å². The first-order chi connectivity index (χ1) is 12.6. The van der Waals surface area contributed by atoms with Gasteiger partial charge in [0.15, 0.2) is 10.9 Å². The molecule has 1 atom stereocenters. The monoisotopic (exact) mass is 368 g/mol. The van der Waals surface area contributed by atoms with Gasteiger partial charge in [-0.1, -0.05) is 30.3 Å². The predicted octanol–water partition coefficient (Wildman–Crippen LogP) is 4.46. The molecule has 26 heavy (non-hydrogen) atoms. The molecule has 0 radical (unpaired) electrons. The summed E-state index contributed by atoms with van der Waals surface area (Å²) in [6.45, 7) is 1.93. The molecule has 5 nitrogen and oxygen atoms in total. The number of hydrogen-bond donors (Lipinski definition) is 2. The summed E-state index contributed by atoms with van der Waals surface area (Å²) in [7, 11) is 0. The van der Waals surface area contributed by atoms with Crippen LogP contribution in [0.25, 0.3) is 0 Å². The fraction of sp³-hybridized carbons (Fsp3) is 0.105. The number of anilines is 1. The third-order valence-electron chi connectivity index (χ3n) is 3.56. The van der Waals surface area contributed by atoms with E-state index in [0.29, 0.717) is 22.6 Å². The van der Waals surface area contributed by atoms with Crippen molar-refractivity contribution in [3.8, 4) is 11.6 Å². The highest BCUT2D eigenvalue weighted by Gasteiger charge is 2.08. The van der Waals surface area contributed by atoms with Gasteiger partial charge in [0.05, 0.1) is 6.04 Å². The van der Waals surface area contributed by atoms with Crippen LogP contribution in [0.1, 0.15) is 18.5 Å². The number of thiocarbonyl (C=S) groups is 1. The largest absolute Gasteiger partial charge is 0.438 e. The number of aromatic nitrogens is 2. The van der Waals surface area contributed by atoms with Crippen molar-refractivity contribution < 1.29 is 9.13 Å². The van der Waals surface area contributed by atoms with Crippen molar-refractivity contribution in [3.63, 3.8) is 0 Å². The molecule has 0 spiro atoms. The summed E-state index contributed by atoms with van der Waals surface area (Å²) in [5.74, 6) is 1.30. The molecule has 1 heterocycles. The Kier molecular flexibility index (Phi) is 5.70. The van der Waals surface area contributed by atoms with Gasteiger partial charge < -0.3 is 15.4 Å². The van der Waals surface area contributed by atoms with Crippen LogP contribution in [0.5, 0.6) is 11.6 Å². The molecule has 3 rings (SSSR count). The Labute approximate surface area is 156 Å². The number of benzene rings is 2. The number of halogens is 1. The summed E-state index contributed by atoms with van der Waals surface area (Å²) in [5, 5.41) is 14.5. The van der Waals surface area contributed by atoms with Crippen molar-refractivity contribution in [1.82, 2.24) is 15.5 Å². The van der Waals surface area contributed by atoms with Crippen LogP contribution >= 0.6 is 12.2 Å². The molecule has 2 N–H and O–H groups in total. The molecule has 0 aliphatic rings. The van der Waals surface area contributed by atoms with E-state index in [1.165, 1.54) is 12.1 Å². The molecule has 0 bridgehead atoms. The maximum absolute atomic E-state index is 13.0. The molecule has 0 unspecified atom stereocenters. The summed E-state index contributed by atoms with van der Waals surface area (Å²) in [6, 6.07) is 19.0. The second kappa shape index (κ2) is 8.35. The van der Waals surface area contributed by atoms with E-state index in [0.717, 1.165) is 5.56 Å². The van der Waals surface area contributed by atoms with Gasteiger partial charge >= 0.3 is 0 Å². The second-order valence-electron chi connectivity index (χ2n) is 5.54.